The highest BCUT2D eigenvalue weighted by molar-refractivity contribution is 7.80. The summed E-state index contributed by atoms with van der Waals surface area (Å²) in [6, 6.07) is 7.30. The molecule has 0 saturated heterocycles. The Morgan fingerprint density at radius 3 is 2.00 bits per heavy atom. The molecule has 0 atom stereocenters. The quantitative estimate of drug-likeness (QED) is 0.835. The van der Waals surface area contributed by atoms with Gasteiger partial charge in [0, 0.05) is 17.2 Å². The van der Waals surface area contributed by atoms with Crippen molar-refractivity contribution in [2.24, 2.45) is 22.5 Å². The molecular formula is C15H20N2OS. The summed E-state index contributed by atoms with van der Waals surface area (Å²) in [4.78, 5) is 12.6. The summed E-state index contributed by atoms with van der Waals surface area (Å²) in [7, 11) is 0. The molecule has 1 saturated carbocycles. The van der Waals surface area contributed by atoms with Crippen LogP contribution in [0.3, 0.4) is 0 Å². The van der Waals surface area contributed by atoms with Crippen LogP contribution in [-0.4, -0.2) is 10.9 Å². The average Bonchev–Trinajstić information content (AvgIpc) is 2.69. The number of carbonyl (C=O) groups excluding carboxylic acids is 1. The SMILES string of the molecule is CC1(C)C(C(=O)Nc2ccc(C(N)=S)cc2)C1(C)C. The van der Waals surface area contributed by atoms with E-state index in [-0.39, 0.29) is 22.7 Å². The van der Waals surface area contributed by atoms with Crippen molar-refractivity contribution in [1.29, 1.82) is 0 Å². The molecule has 102 valence electrons. The largest absolute Gasteiger partial charge is 0.389 e. The van der Waals surface area contributed by atoms with E-state index in [2.05, 4.69) is 33.0 Å². The third kappa shape index (κ3) is 2.25. The van der Waals surface area contributed by atoms with E-state index in [0.717, 1.165) is 11.3 Å². The first-order valence-corrected chi connectivity index (χ1v) is 6.79. The number of amides is 1. The molecule has 1 aromatic carbocycles. The van der Waals surface area contributed by atoms with E-state index < -0.39 is 0 Å². The van der Waals surface area contributed by atoms with Crippen LogP contribution in [0.2, 0.25) is 0 Å². The maximum absolute atomic E-state index is 12.3. The molecule has 0 heterocycles. The molecule has 0 aliphatic heterocycles. The smallest absolute Gasteiger partial charge is 0.228 e. The number of nitrogens with one attached hydrogen (secondary N) is 1. The Morgan fingerprint density at radius 2 is 1.63 bits per heavy atom. The molecule has 0 radical (unpaired) electrons. The molecule has 0 aromatic heterocycles. The van der Waals surface area contributed by atoms with Crippen molar-refractivity contribution in [1.82, 2.24) is 0 Å². The van der Waals surface area contributed by atoms with Crippen molar-refractivity contribution in [3.8, 4) is 0 Å². The van der Waals surface area contributed by atoms with Crippen LogP contribution >= 0.6 is 12.2 Å². The number of thiocarbonyl (C=S) groups is 1. The molecule has 19 heavy (non-hydrogen) atoms. The Labute approximate surface area is 119 Å². The second-order valence-electron chi connectivity index (χ2n) is 6.31. The van der Waals surface area contributed by atoms with Gasteiger partial charge in [-0.3, -0.25) is 4.79 Å². The van der Waals surface area contributed by atoms with Crippen molar-refractivity contribution in [2.45, 2.75) is 27.7 Å². The normalized spacial score (nSPS) is 19.8. The zero-order valence-electron chi connectivity index (χ0n) is 11.8. The summed E-state index contributed by atoms with van der Waals surface area (Å²) in [5.74, 6) is 0.133. The van der Waals surface area contributed by atoms with Crippen LogP contribution in [0.4, 0.5) is 5.69 Å². The van der Waals surface area contributed by atoms with Crippen molar-refractivity contribution in [3.05, 3.63) is 29.8 Å². The molecule has 1 aliphatic rings. The van der Waals surface area contributed by atoms with Gasteiger partial charge in [0.2, 0.25) is 5.91 Å². The van der Waals surface area contributed by atoms with Crippen LogP contribution in [0.5, 0.6) is 0 Å². The van der Waals surface area contributed by atoms with Crippen molar-refractivity contribution in [3.63, 3.8) is 0 Å². The Hall–Kier alpha value is -1.42. The highest BCUT2D eigenvalue weighted by Gasteiger charge is 2.68. The summed E-state index contributed by atoms with van der Waals surface area (Å²) in [6.07, 6.45) is 0. The molecule has 1 amide bonds. The lowest BCUT2D eigenvalue weighted by atomic mass is 10.0. The van der Waals surface area contributed by atoms with Crippen molar-refractivity contribution < 1.29 is 4.79 Å². The first-order chi connectivity index (χ1) is 8.68. The number of hydrogen-bond donors (Lipinski definition) is 2. The first kappa shape index (κ1) is 14.0. The van der Waals surface area contributed by atoms with Crippen molar-refractivity contribution >= 4 is 28.8 Å². The number of nitrogens with two attached hydrogens (primary N) is 1. The topological polar surface area (TPSA) is 55.1 Å². The van der Waals surface area contributed by atoms with Gasteiger partial charge in [-0.1, -0.05) is 39.9 Å². The predicted molar refractivity (Wildman–Crippen MR) is 82.0 cm³/mol. The summed E-state index contributed by atoms with van der Waals surface area (Å²) >= 11 is 4.90. The van der Waals surface area contributed by atoms with Crippen molar-refractivity contribution in [2.75, 3.05) is 5.32 Å². The lowest BCUT2D eigenvalue weighted by Gasteiger charge is -2.07. The second-order valence-corrected chi connectivity index (χ2v) is 6.75. The van der Waals surface area contributed by atoms with E-state index in [1.165, 1.54) is 0 Å². The average molecular weight is 276 g/mol. The van der Waals surface area contributed by atoms with Gasteiger partial charge in [0.05, 0.1) is 0 Å². The minimum atomic E-state index is 0.0512. The van der Waals surface area contributed by atoms with Gasteiger partial charge in [0.15, 0.2) is 0 Å². The van der Waals surface area contributed by atoms with Gasteiger partial charge in [0.25, 0.3) is 0 Å². The van der Waals surface area contributed by atoms with E-state index in [9.17, 15) is 4.79 Å². The van der Waals surface area contributed by atoms with E-state index in [4.69, 9.17) is 18.0 Å². The Bertz CT molecular complexity index is 518. The molecule has 1 aromatic rings. The van der Waals surface area contributed by atoms with Crippen LogP contribution in [0.25, 0.3) is 0 Å². The third-order valence-corrected chi connectivity index (χ3v) is 4.96. The molecule has 1 aliphatic carbocycles. The lowest BCUT2D eigenvalue weighted by Crippen LogP contribution is -2.17. The standard InChI is InChI=1S/C15H20N2OS/c1-14(2)11(15(14,3)4)13(18)17-10-7-5-9(6-8-10)12(16)19/h5-8,11H,1-4H3,(H2,16,19)(H,17,18). The maximum atomic E-state index is 12.3. The Balaban J connectivity index is 2.07. The van der Waals surface area contributed by atoms with E-state index >= 15 is 0 Å². The molecule has 4 heteroatoms. The van der Waals surface area contributed by atoms with Crippen LogP contribution in [0, 0.1) is 16.7 Å². The number of benzene rings is 1. The predicted octanol–water partition coefficient (Wildman–Crippen LogP) is 2.94. The third-order valence-electron chi connectivity index (χ3n) is 4.72. The summed E-state index contributed by atoms with van der Waals surface area (Å²) in [5.41, 5.74) is 7.23. The number of carbonyl (C=O) groups is 1. The Kier molecular flexibility index (Phi) is 3.17. The molecular weight excluding hydrogens is 256 g/mol. The molecule has 0 unspecified atom stereocenters. The fraction of sp³-hybridized carbons (Fsp3) is 0.467. The summed E-state index contributed by atoms with van der Waals surface area (Å²) in [5, 5.41) is 2.96. The van der Waals surface area contributed by atoms with Crippen LogP contribution < -0.4 is 11.1 Å². The van der Waals surface area contributed by atoms with Gasteiger partial charge in [-0.05, 0) is 35.1 Å². The van der Waals surface area contributed by atoms with E-state index in [1.54, 1.807) is 0 Å². The zero-order valence-corrected chi connectivity index (χ0v) is 12.6. The van der Waals surface area contributed by atoms with Gasteiger partial charge in [0.1, 0.15) is 4.99 Å². The Morgan fingerprint density at radius 1 is 1.16 bits per heavy atom. The van der Waals surface area contributed by atoms with Crippen LogP contribution in [-0.2, 0) is 4.79 Å². The van der Waals surface area contributed by atoms with Gasteiger partial charge in [-0.2, -0.15) is 0 Å². The molecule has 0 spiro atoms. The monoisotopic (exact) mass is 276 g/mol. The lowest BCUT2D eigenvalue weighted by molar-refractivity contribution is -0.118. The molecule has 0 bridgehead atoms. The molecule has 1 fully saturated rings. The molecule has 3 N–H and O–H groups in total. The zero-order chi connectivity index (χ0) is 14.4. The molecule has 3 nitrogen and oxygen atoms in total. The summed E-state index contributed by atoms with van der Waals surface area (Å²) < 4.78 is 0. The van der Waals surface area contributed by atoms with E-state index in [1.807, 2.05) is 24.3 Å². The number of rotatable bonds is 3. The maximum Gasteiger partial charge on any atom is 0.228 e. The highest BCUT2D eigenvalue weighted by atomic mass is 32.1. The fourth-order valence-electron chi connectivity index (χ4n) is 2.78. The first-order valence-electron chi connectivity index (χ1n) is 6.38. The van der Waals surface area contributed by atoms with Gasteiger partial charge in [-0.25, -0.2) is 0 Å². The van der Waals surface area contributed by atoms with Crippen LogP contribution in [0.1, 0.15) is 33.3 Å². The van der Waals surface area contributed by atoms with Gasteiger partial charge in [-0.15, -0.1) is 0 Å². The van der Waals surface area contributed by atoms with E-state index in [0.29, 0.717) is 4.99 Å². The minimum absolute atomic E-state index is 0.0512. The van der Waals surface area contributed by atoms with Gasteiger partial charge < -0.3 is 11.1 Å². The van der Waals surface area contributed by atoms with Gasteiger partial charge >= 0.3 is 0 Å². The summed E-state index contributed by atoms with van der Waals surface area (Å²) in [6.45, 7) is 8.53. The number of hydrogen-bond acceptors (Lipinski definition) is 2. The minimum Gasteiger partial charge on any atom is -0.389 e. The van der Waals surface area contributed by atoms with Crippen LogP contribution in [0.15, 0.2) is 24.3 Å². The second kappa shape index (κ2) is 4.30. The number of anilines is 1. The molecule has 2 rings (SSSR count). The highest BCUT2D eigenvalue weighted by Crippen LogP contribution is 2.68. The fourth-order valence-corrected chi connectivity index (χ4v) is 2.92.